The topological polar surface area (TPSA) is 108 Å². The Balaban J connectivity index is 1.75. The maximum absolute atomic E-state index is 12.4. The van der Waals surface area contributed by atoms with E-state index in [9.17, 15) is 18.3 Å². The van der Waals surface area contributed by atoms with Crippen molar-refractivity contribution in [3.8, 4) is 5.75 Å². The van der Waals surface area contributed by atoms with Crippen molar-refractivity contribution in [1.82, 2.24) is 4.98 Å². The number of aromatic nitrogens is 1. The van der Waals surface area contributed by atoms with Gasteiger partial charge in [0, 0.05) is 22.5 Å². The Morgan fingerprint density at radius 2 is 1.67 bits per heavy atom. The minimum absolute atomic E-state index is 0.00492. The zero-order valence-electron chi connectivity index (χ0n) is 13.8. The minimum atomic E-state index is -3.81. The molecule has 0 unspecified atom stereocenters. The number of hydrogen-bond donors (Lipinski definition) is 3. The fourth-order valence-corrected chi connectivity index (χ4v) is 3.37. The zero-order valence-corrected chi connectivity index (χ0v) is 15.3. The predicted molar refractivity (Wildman–Crippen MR) is 103 cm³/mol. The summed E-state index contributed by atoms with van der Waals surface area (Å²) in [7, 11) is -3.81. The fourth-order valence-electron chi connectivity index (χ4n) is 2.19. The second kappa shape index (κ2) is 7.65. The Bertz CT molecular complexity index is 1070. The molecule has 3 rings (SSSR count). The van der Waals surface area contributed by atoms with E-state index in [-0.39, 0.29) is 22.0 Å². The number of carbonyl (C=O) groups excluding carboxylic acids is 1. The van der Waals surface area contributed by atoms with E-state index < -0.39 is 15.9 Å². The van der Waals surface area contributed by atoms with Crippen LogP contribution in [0.1, 0.15) is 10.4 Å². The number of sulfonamides is 1. The second-order valence-corrected chi connectivity index (χ2v) is 7.58. The van der Waals surface area contributed by atoms with Crippen LogP contribution in [0.4, 0.5) is 11.5 Å². The molecular formula is C18H14ClN3O4S. The van der Waals surface area contributed by atoms with Crippen molar-refractivity contribution in [2.45, 2.75) is 4.90 Å². The quantitative estimate of drug-likeness (QED) is 0.604. The van der Waals surface area contributed by atoms with Gasteiger partial charge in [0.05, 0.1) is 4.90 Å². The van der Waals surface area contributed by atoms with Gasteiger partial charge in [-0.15, -0.1) is 0 Å². The molecule has 0 saturated heterocycles. The summed E-state index contributed by atoms with van der Waals surface area (Å²) >= 11 is 5.78. The van der Waals surface area contributed by atoms with Crippen LogP contribution in [0.25, 0.3) is 0 Å². The maximum atomic E-state index is 12.4. The summed E-state index contributed by atoms with van der Waals surface area (Å²) in [5.41, 5.74) is 0.581. The second-order valence-electron chi connectivity index (χ2n) is 5.46. The van der Waals surface area contributed by atoms with E-state index >= 15 is 0 Å². The molecule has 0 atom stereocenters. The molecule has 7 nitrogen and oxygen atoms in total. The number of anilines is 2. The summed E-state index contributed by atoms with van der Waals surface area (Å²) in [4.78, 5) is 16.1. The molecule has 0 radical (unpaired) electrons. The van der Waals surface area contributed by atoms with E-state index in [1.165, 1.54) is 42.6 Å². The summed E-state index contributed by atoms with van der Waals surface area (Å²) in [5.74, 6) is -0.681. The molecule has 3 N–H and O–H groups in total. The van der Waals surface area contributed by atoms with Crippen LogP contribution in [0.2, 0.25) is 5.02 Å². The lowest BCUT2D eigenvalue weighted by Crippen LogP contribution is -2.15. The first-order valence-corrected chi connectivity index (χ1v) is 9.55. The minimum Gasteiger partial charge on any atom is -0.504 e. The van der Waals surface area contributed by atoms with Gasteiger partial charge in [-0.25, -0.2) is 13.4 Å². The lowest BCUT2D eigenvalue weighted by Gasteiger charge is -2.09. The van der Waals surface area contributed by atoms with Gasteiger partial charge in [0.2, 0.25) is 0 Å². The van der Waals surface area contributed by atoms with Gasteiger partial charge in [-0.1, -0.05) is 11.6 Å². The lowest BCUT2D eigenvalue weighted by molar-refractivity contribution is 0.102. The van der Waals surface area contributed by atoms with Gasteiger partial charge in [0.1, 0.15) is 0 Å². The highest BCUT2D eigenvalue weighted by Crippen LogP contribution is 2.21. The van der Waals surface area contributed by atoms with Crippen molar-refractivity contribution in [3.63, 3.8) is 0 Å². The van der Waals surface area contributed by atoms with Crippen molar-refractivity contribution >= 4 is 39.0 Å². The number of hydrogen-bond acceptors (Lipinski definition) is 5. The molecule has 1 aromatic heterocycles. The lowest BCUT2D eigenvalue weighted by atomic mass is 10.2. The average Bonchev–Trinajstić information content (AvgIpc) is 2.65. The van der Waals surface area contributed by atoms with Gasteiger partial charge in [-0.2, -0.15) is 0 Å². The van der Waals surface area contributed by atoms with Crippen LogP contribution < -0.4 is 10.0 Å². The Morgan fingerprint density at radius 1 is 1.00 bits per heavy atom. The third kappa shape index (κ3) is 4.55. The third-order valence-corrected chi connectivity index (χ3v) is 5.19. The molecular weight excluding hydrogens is 390 g/mol. The number of pyridine rings is 1. The van der Waals surface area contributed by atoms with Gasteiger partial charge in [-0.3, -0.25) is 9.52 Å². The Kier molecular flexibility index (Phi) is 5.29. The molecule has 0 bridgehead atoms. The standard InChI is InChI=1S/C18H14ClN3O4S/c19-13-5-7-14(8-6-13)22-27(25,26)15-9-3-12(4-10-15)18(24)21-17-16(23)2-1-11-20-17/h1-11,22-23H,(H,20,21,24). The number of halogens is 1. The largest absolute Gasteiger partial charge is 0.504 e. The zero-order chi connectivity index (χ0) is 19.4. The third-order valence-electron chi connectivity index (χ3n) is 3.54. The van der Waals surface area contributed by atoms with Crippen LogP contribution in [0.3, 0.4) is 0 Å². The van der Waals surface area contributed by atoms with Crippen LogP contribution in [-0.2, 0) is 10.0 Å². The van der Waals surface area contributed by atoms with Crippen molar-refractivity contribution < 1.29 is 18.3 Å². The van der Waals surface area contributed by atoms with Crippen molar-refractivity contribution in [2.75, 3.05) is 10.0 Å². The van der Waals surface area contributed by atoms with E-state index in [1.54, 1.807) is 24.3 Å². The van der Waals surface area contributed by atoms with Crippen molar-refractivity contribution in [3.05, 3.63) is 77.4 Å². The number of carbonyl (C=O) groups is 1. The molecule has 1 amide bonds. The highest BCUT2D eigenvalue weighted by atomic mass is 35.5. The first-order chi connectivity index (χ1) is 12.8. The van der Waals surface area contributed by atoms with E-state index in [1.807, 2.05) is 0 Å². The highest BCUT2D eigenvalue weighted by Gasteiger charge is 2.16. The molecule has 3 aromatic rings. The van der Waals surface area contributed by atoms with E-state index in [0.717, 1.165) is 0 Å². The van der Waals surface area contributed by atoms with Crippen LogP contribution in [-0.4, -0.2) is 24.4 Å². The van der Waals surface area contributed by atoms with Gasteiger partial charge in [-0.05, 0) is 60.7 Å². The summed E-state index contributed by atoms with van der Waals surface area (Å²) in [5, 5.41) is 12.6. The SMILES string of the molecule is O=C(Nc1ncccc1O)c1ccc(S(=O)(=O)Nc2ccc(Cl)cc2)cc1. The molecule has 138 valence electrons. The summed E-state index contributed by atoms with van der Waals surface area (Å²) in [6.07, 6.45) is 1.42. The fraction of sp³-hybridized carbons (Fsp3) is 0. The molecule has 1 heterocycles. The molecule has 0 aliphatic rings. The maximum Gasteiger partial charge on any atom is 0.261 e. The first-order valence-electron chi connectivity index (χ1n) is 7.69. The molecule has 0 fully saturated rings. The molecule has 0 saturated carbocycles. The monoisotopic (exact) mass is 403 g/mol. The van der Waals surface area contributed by atoms with Gasteiger partial charge in [0.15, 0.2) is 11.6 Å². The van der Waals surface area contributed by atoms with Crippen LogP contribution in [0.15, 0.2) is 71.8 Å². The molecule has 27 heavy (non-hydrogen) atoms. The number of benzene rings is 2. The van der Waals surface area contributed by atoms with E-state index in [4.69, 9.17) is 11.6 Å². The average molecular weight is 404 g/mol. The summed E-state index contributed by atoms with van der Waals surface area (Å²) in [6, 6.07) is 14.5. The van der Waals surface area contributed by atoms with Gasteiger partial charge >= 0.3 is 0 Å². The Hall–Kier alpha value is -3.10. The van der Waals surface area contributed by atoms with Gasteiger partial charge < -0.3 is 10.4 Å². The smallest absolute Gasteiger partial charge is 0.261 e. The van der Waals surface area contributed by atoms with Crippen molar-refractivity contribution in [2.24, 2.45) is 0 Å². The molecule has 0 aliphatic carbocycles. The predicted octanol–water partition coefficient (Wildman–Crippen LogP) is 3.49. The highest BCUT2D eigenvalue weighted by molar-refractivity contribution is 7.92. The number of aromatic hydroxyl groups is 1. The molecule has 0 spiro atoms. The number of amides is 1. The van der Waals surface area contributed by atoms with Crippen molar-refractivity contribution in [1.29, 1.82) is 0 Å². The summed E-state index contributed by atoms with van der Waals surface area (Å²) in [6.45, 7) is 0. The molecule has 9 heteroatoms. The summed E-state index contributed by atoms with van der Waals surface area (Å²) < 4.78 is 27.3. The van der Waals surface area contributed by atoms with Crippen LogP contribution >= 0.6 is 11.6 Å². The van der Waals surface area contributed by atoms with Gasteiger partial charge in [0.25, 0.3) is 15.9 Å². The number of nitrogens with one attached hydrogen (secondary N) is 2. The van der Waals surface area contributed by atoms with Crippen LogP contribution in [0, 0.1) is 0 Å². The molecule has 2 aromatic carbocycles. The number of nitrogens with zero attached hydrogens (tertiary/aromatic N) is 1. The normalized spacial score (nSPS) is 11.0. The number of rotatable bonds is 5. The Morgan fingerprint density at radius 3 is 2.30 bits per heavy atom. The Labute approximate surface area is 160 Å². The molecule has 0 aliphatic heterocycles. The van der Waals surface area contributed by atoms with E-state index in [2.05, 4.69) is 15.0 Å². The first kappa shape index (κ1) is 18.7. The van der Waals surface area contributed by atoms with Crippen LogP contribution in [0.5, 0.6) is 5.75 Å². The van der Waals surface area contributed by atoms with E-state index in [0.29, 0.717) is 10.7 Å².